The number of fused-ring (bicyclic) bond motifs is 1. The third kappa shape index (κ3) is 3.68. The van der Waals surface area contributed by atoms with Crippen LogP contribution in [-0.2, 0) is 4.74 Å². The van der Waals surface area contributed by atoms with E-state index in [4.69, 9.17) is 4.74 Å². The first kappa shape index (κ1) is 19.5. The standard InChI is InChI=1S/C27H16O5/c28-25(21-12-15-23-24(16-21)27(30)32-26(23)29)31-22-13-10-20(11-14-22)19-8-6-18(7-9-19)17-4-2-1-3-5-17/h1-16H. The molecular weight excluding hydrogens is 404 g/mol. The van der Waals surface area contributed by atoms with Crippen molar-refractivity contribution in [2.45, 2.75) is 0 Å². The van der Waals surface area contributed by atoms with Gasteiger partial charge in [-0.1, -0.05) is 66.7 Å². The van der Waals surface area contributed by atoms with Gasteiger partial charge in [-0.25, -0.2) is 14.4 Å². The fraction of sp³-hybridized carbons (Fsp3) is 0. The van der Waals surface area contributed by atoms with Gasteiger partial charge in [0.25, 0.3) is 0 Å². The summed E-state index contributed by atoms with van der Waals surface area (Å²) in [7, 11) is 0. The zero-order valence-corrected chi connectivity index (χ0v) is 16.8. The Morgan fingerprint density at radius 3 is 1.75 bits per heavy atom. The van der Waals surface area contributed by atoms with E-state index in [-0.39, 0.29) is 16.7 Å². The van der Waals surface area contributed by atoms with Crippen LogP contribution in [0.4, 0.5) is 0 Å². The van der Waals surface area contributed by atoms with Crippen molar-refractivity contribution in [3.05, 3.63) is 114 Å². The maximum absolute atomic E-state index is 12.5. The second-order valence-electron chi connectivity index (χ2n) is 7.29. The highest BCUT2D eigenvalue weighted by Crippen LogP contribution is 2.27. The molecule has 0 aromatic heterocycles. The first-order valence-corrected chi connectivity index (χ1v) is 9.97. The molecule has 154 valence electrons. The second-order valence-corrected chi connectivity index (χ2v) is 7.29. The highest BCUT2D eigenvalue weighted by atomic mass is 16.6. The van der Waals surface area contributed by atoms with Crippen LogP contribution >= 0.6 is 0 Å². The highest BCUT2D eigenvalue weighted by Gasteiger charge is 2.30. The molecule has 32 heavy (non-hydrogen) atoms. The summed E-state index contributed by atoms with van der Waals surface area (Å²) in [5, 5.41) is 0. The van der Waals surface area contributed by atoms with Gasteiger partial charge in [0.1, 0.15) is 5.75 Å². The predicted octanol–water partition coefficient (Wildman–Crippen LogP) is 5.55. The van der Waals surface area contributed by atoms with Crippen LogP contribution in [0.15, 0.2) is 97.1 Å². The molecule has 0 saturated heterocycles. The van der Waals surface area contributed by atoms with Crippen LogP contribution in [0.1, 0.15) is 31.1 Å². The molecule has 0 spiro atoms. The molecular formula is C27H16O5. The van der Waals surface area contributed by atoms with Gasteiger partial charge >= 0.3 is 17.9 Å². The Morgan fingerprint density at radius 1 is 0.594 bits per heavy atom. The second kappa shape index (κ2) is 7.96. The summed E-state index contributed by atoms with van der Waals surface area (Å²) in [6.45, 7) is 0. The zero-order valence-electron chi connectivity index (χ0n) is 16.8. The quantitative estimate of drug-likeness (QED) is 0.246. The molecule has 1 heterocycles. The Morgan fingerprint density at radius 2 is 1.12 bits per heavy atom. The van der Waals surface area contributed by atoms with Gasteiger partial charge in [-0.2, -0.15) is 0 Å². The van der Waals surface area contributed by atoms with Crippen molar-refractivity contribution in [3.63, 3.8) is 0 Å². The van der Waals surface area contributed by atoms with E-state index in [0.29, 0.717) is 5.75 Å². The summed E-state index contributed by atoms with van der Waals surface area (Å²) in [5.41, 5.74) is 4.71. The smallest absolute Gasteiger partial charge is 0.346 e. The number of benzene rings is 4. The average molecular weight is 420 g/mol. The van der Waals surface area contributed by atoms with Gasteiger partial charge in [0.15, 0.2) is 0 Å². The maximum Gasteiger partial charge on any atom is 0.346 e. The Balaban J connectivity index is 1.30. The Labute approximate surface area is 183 Å². The fourth-order valence-corrected chi connectivity index (χ4v) is 3.58. The van der Waals surface area contributed by atoms with Crippen molar-refractivity contribution in [3.8, 4) is 28.0 Å². The summed E-state index contributed by atoms with van der Waals surface area (Å²) in [5.74, 6) is -1.72. The van der Waals surface area contributed by atoms with Gasteiger partial charge in [-0.15, -0.1) is 0 Å². The molecule has 5 rings (SSSR count). The van der Waals surface area contributed by atoms with E-state index >= 15 is 0 Å². The lowest BCUT2D eigenvalue weighted by atomic mass is 10.0. The lowest BCUT2D eigenvalue weighted by Gasteiger charge is -2.08. The summed E-state index contributed by atoms with van der Waals surface area (Å²) >= 11 is 0. The van der Waals surface area contributed by atoms with Gasteiger partial charge in [0.2, 0.25) is 0 Å². The van der Waals surface area contributed by atoms with Crippen molar-refractivity contribution in [1.82, 2.24) is 0 Å². The van der Waals surface area contributed by atoms with Crippen LogP contribution in [0.2, 0.25) is 0 Å². The summed E-state index contributed by atoms with van der Waals surface area (Å²) < 4.78 is 9.96. The normalized spacial score (nSPS) is 12.2. The topological polar surface area (TPSA) is 69.7 Å². The molecule has 0 atom stereocenters. The van der Waals surface area contributed by atoms with Crippen molar-refractivity contribution in [2.24, 2.45) is 0 Å². The molecule has 0 unspecified atom stereocenters. The molecule has 0 fully saturated rings. The van der Waals surface area contributed by atoms with Crippen LogP contribution in [0.25, 0.3) is 22.3 Å². The maximum atomic E-state index is 12.5. The number of hydrogen-bond donors (Lipinski definition) is 0. The number of rotatable bonds is 4. The van der Waals surface area contributed by atoms with Crippen molar-refractivity contribution in [1.29, 1.82) is 0 Å². The van der Waals surface area contributed by atoms with Crippen LogP contribution in [-0.4, -0.2) is 17.9 Å². The summed E-state index contributed by atoms with van der Waals surface area (Å²) in [6, 6.07) is 29.7. The lowest BCUT2D eigenvalue weighted by molar-refractivity contribution is 0.0443. The van der Waals surface area contributed by atoms with E-state index in [0.717, 1.165) is 22.3 Å². The molecule has 0 bridgehead atoms. The largest absolute Gasteiger partial charge is 0.423 e. The third-order valence-corrected chi connectivity index (χ3v) is 5.27. The SMILES string of the molecule is O=C(Oc1ccc(-c2ccc(-c3ccccc3)cc2)cc1)c1ccc2c(c1)C(=O)OC2=O. The molecule has 0 aliphatic carbocycles. The minimum Gasteiger partial charge on any atom is -0.423 e. The Bertz CT molecular complexity index is 1340. The predicted molar refractivity (Wildman–Crippen MR) is 118 cm³/mol. The molecule has 1 aliphatic rings. The van der Waals surface area contributed by atoms with Gasteiger partial charge in [-0.3, -0.25) is 0 Å². The van der Waals surface area contributed by atoms with E-state index in [1.54, 1.807) is 12.1 Å². The van der Waals surface area contributed by atoms with Crippen LogP contribution in [0.5, 0.6) is 5.75 Å². The number of carbonyl (C=O) groups excluding carboxylic acids is 3. The molecule has 4 aromatic rings. The lowest BCUT2D eigenvalue weighted by Crippen LogP contribution is -2.09. The van der Waals surface area contributed by atoms with Crippen LogP contribution in [0, 0.1) is 0 Å². The minimum atomic E-state index is -0.762. The van der Waals surface area contributed by atoms with E-state index in [1.165, 1.54) is 18.2 Å². The number of esters is 3. The van der Waals surface area contributed by atoms with Crippen LogP contribution < -0.4 is 4.74 Å². The van der Waals surface area contributed by atoms with E-state index in [9.17, 15) is 14.4 Å². The number of carbonyl (C=O) groups is 3. The Kier molecular flexibility index (Phi) is 4.84. The summed E-state index contributed by atoms with van der Waals surface area (Å²) in [6.07, 6.45) is 0. The number of hydrogen-bond acceptors (Lipinski definition) is 5. The molecule has 4 aromatic carbocycles. The van der Waals surface area contributed by atoms with Gasteiger partial charge in [0.05, 0.1) is 16.7 Å². The van der Waals surface area contributed by atoms with Crippen molar-refractivity contribution >= 4 is 17.9 Å². The minimum absolute atomic E-state index is 0.0683. The highest BCUT2D eigenvalue weighted by molar-refractivity contribution is 6.15. The molecule has 0 N–H and O–H groups in total. The van der Waals surface area contributed by atoms with E-state index in [2.05, 4.69) is 29.0 Å². The van der Waals surface area contributed by atoms with Crippen molar-refractivity contribution in [2.75, 3.05) is 0 Å². The molecule has 0 amide bonds. The molecule has 1 aliphatic heterocycles. The fourth-order valence-electron chi connectivity index (χ4n) is 3.58. The van der Waals surface area contributed by atoms with Crippen molar-refractivity contribution < 1.29 is 23.9 Å². The molecule has 5 heteroatoms. The molecule has 0 radical (unpaired) electrons. The molecule has 5 nitrogen and oxygen atoms in total. The monoisotopic (exact) mass is 420 g/mol. The zero-order chi connectivity index (χ0) is 22.1. The van der Waals surface area contributed by atoms with Crippen LogP contribution in [0.3, 0.4) is 0 Å². The van der Waals surface area contributed by atoms with Gasteiger partial charge < -0.3 is 9.47 Å². The Hall–Kier alpha value is -4.51. The summed E-state index contributed by atoms with van der Waals surface area (Å²) in [4.78, 5) is 35.7. The van der Waals surface area contributed by atoms with Gasteiger partial charge in [0, 0.05) is 0 Å². The first-order chi connectivity index (χ1) is 15.6. The number of cyclic esters (lactones) is 2. The first-order valence-electron chi connectivity index (χ1n) is 9.97. The van der Waals surface area contributed by atoms with E-state index < -0.39 is 17.9 Å². The van der Waals surface area contributed by atoms with E-state index in [1.807, 2.05) is 42.5 Å². The number of ether oxygens (including phenoxy) is 2. The third-order valence-electron chi connectivity index (χ3n) is 5.27. The average Bonchev–Trinajstić information content (AvgIpc) is 3.13. The van der Waals surface area contributed by atoms with Gasteiger partial charge in [-0.05, 0) is 52.6 Å². The molecule has 0 saturated carbocycles.